The lowest BCUT2D eigenvalue weighted by Crippen LogP contribution is -2.08. The Hall–Kier alpha value is -2.09. The van der Waals surface area contributed by atoms with Crippen LogP contribution in [0.25, 0.3) is 0 Å². The molecule has 1 heterocycles. The van der Waals surface area contributed by atoms with Crippen molar-refractivity contribution < 1.29 is 14.3 Å². The zero-order valence-electron chi connectivity index (χ0n) is 10.5. The third-order valence-electron chi connectivity index (χ3n) is 2.58. The van der Waals surface area contributed by atoms with Crippen molar-refractivity contribution in [3.63, 3.8) is 0 Å². The number of nitrogen functional groups attached to an aromatic ring is 1. The van der Waals surface area contributed by atoms with E-state index in [1.807, 2.05) is 6.07 Å². The number of anilines is 1. The van der Waals surface area contributed by atoms with Crippen LogP contribution in [0.15, 0.2) is 29.4 Å². The van der Waals surface area contributed by atoms with E-state index in [4.69, 9.17) is 10.8 Å². The third-order valence-corrected chi connectivity index (χ3v) is 3.53. The second-order valence-electron chi connectivity index (χ2n) is 4.05. The molecule has 6 nitrogen and oxygen atoms in total. The molecule has 0 fully saturated rings. The van der Waals surface area contributed by atoms with Crippen molar-refractivity contribution in [1.82, 2.24) is 14.8 Å². The van der Waals surface area contributed by atoms with E-state index in [1.165, 1.54) is 12.1 Å². The second-order valence-corrected chi connectivity index (χ2v) is 5.00. The van der Waals surface area contributed by atoms with Crippen LogP contribution in [0.2, 0.25) is 0 Å². The maximum atomic E-state index is 13.1. The van der Waals surface area contributed by atoms with Crippen molar-refractivity contribution in [2.75, 3.05) is 11.5 Å². The SMILES string of the molecule is Nc1nnc(SCC(=O)O)n1CCc1cccc(F)c1. The largest absolute Gasteiger partial charge is 0.481 e. The van der Waals surface area contributed by atoms with Gasteiger partial charge in [0.2, 0.25) is 5.95 Å². The van der Waals surface area contributed by atoms with Gasteiger partial charge in [-0.1, -0.05) is 23.9 Å². The standard InChI is InChI=1S/C12H13FN4O2S/c13-9-3-1-2-8(6-9)4-5-17-11(14)15-16-12(17)20-7-10(18)19/h1-3,6H,4-5,7H2,(H2,14,15)(H,18,19). The molecule has 2 rings (SSSR count). The zero-order valence-corrected chi connectivity index (χ0v) is 11.3. The van der Waals surface area contributed by atoms with E-state index in [0.29, 0.717) is 18.1 Å². The molecule has 0 atom stereocenters. The van der Waals surface area contributed by atoms with Gasteiger partial charge in [0, 0.05) is 6.54 Å². The minimum Gasteiger partial charge on any atom is -0.481 e. The fraction of sp³-hybridized carbons (Fsp3) is 0.250. The Kier molecular flexibility index (Phi) is 4.57. The van der Waals surface area contributed by atoms with Crippen molar-refractivity contribution in [2.45, 2.75) is 18.1 Å². The fourth-order valence-corrected chi connectivity index (χ4v) is 2.37. The molecule has 0 aliphatic heterocycles. The van der Waals surface area contributed by atoms with Gasteiger partial charge in [-0.05, 0) is 24.1 Å². The minimum absolute atomic E-state index is 0.113. The molecule has 0 saturated heterocycles. The second kappa shape index (κ2) is 6.38. The molecule has 1 aromatic heterocycles. The van der Waals surface area contributed by atoms with E-state index in [9.17, 15) is 9.18 Å². The van der Waals surface area contributed by atoms with Gasteiger partial charge in [0.05, 0.1) is 5.75 Å². The number of hydrogen-bond donors (Lipinski definition) is 2. The highest BCUT2D eigenvalue weighted by molar-refractivity contribution is 7.99. The van der Waals surface area contributed by atoms with Crippen LogP contribution in [0.1, 0.15) is 5.56 Å². The quantitative estimate of drug-likeness (QED) is 0.783. The number of hydrogen-bond acceptors (Lipinski definition) is 5. The van der Waals surface area contributed by atoms with Crippen molar-refractivity contribution >= 4 is 23.7 Å². The van der Waals surface area contributed by atoms with Crippen LogP contribution >= 0.6 is 11.8 Å². The van der Waals surface area contributed by atoms with E-state index in [2.05, 4.69) is 10.2 Å². The van der Waals surface area contributed by atoms with Gasteiger partial charge in [-0.25, -0.2) is 4.39 Å². The summed E-state index contributed by atoms with van der Waals surface area (Å²) >= 11 is 1.05. The predicted molar refractivity (Wildman–Crippen MR) is 72.9 cm³/mol. The summed E-state index contributed by atoms with van der Waals surface area (Å²) in [5, 5.41) is 16.7. The van der Waals surface area contributed by atoms with Crippen LogP contribution in [0.5, 0.6) is 0 Å². The molecule has 0 saturated carbocycles. The number of rotatable bonds is 6. The van der Waals surface area contributed by atoms with Crippen molar-refractivity contribution in [1.29, 1.82) is 0 Å². The van der Waals surface area contributed by atoms with Gasteiger partial charge in [0.25, 0.3) is 0 Å². The molecular weight excluding hydrogens is 283 g/mol. The van der Waals surface area contributed by atoms with E-state index >= 15 is 0 Å². The molecule has 1 aromatic carbocycles. The lowest BCUT2D eigenvalue weighted by Gasteiger charge is -2.07. The lowest BCUT2D eigenvalue weighted by molar-refractivity contribution is -0.133. The highest BCUT2D eigenvalue weighted by Crippen LogP contribution is 2.18. The Morgan fingerprint density at radius 2 is 2.25 bits per heavy atom. The number of carbonyl (C=O) groups is 1. The monoisotopic (exact) mass is 296 g/mol. The Bertz CT molecular complexity index is 617. The van der Waals surface area contributed by atoms with Crippen LogP contribution < -0.4 is 5.73 Å². The summed E-state index contributed by atoms with van der Waals surface area (Å²) in [7, 11) is 0. The predicted octanol–water partition coefficient (Wildman–Crippen LogP) is 1.42. The molecule has 3 N–H and O–H groups in total. The van der Waals surface area contributed by atoms with Crippen molar-refractivity contribution in [3.8, 4) is 0 Å². The maximum Gasteiger partial charge on any atom is 0.313 e. The van der Waals surface area contributed by atoms with Gasteiger partial charge in [-0.3, -0.25) is 9.36 Å². The highest BCUT2D eigenvalue weighted by atomic mass is 32.2. The number of aromatic nitrogens is 3. The molecule has 0 aliphatic rings. The molecule has 0 amide bonds. The molecule has 0 spiro atoms. The Labute approximate surface area is 118 Å². The summed E-state index contributed by atoms with van der Waals surface area (Å²) in [5.74, 6) is -1.12. The van der Waals surface area contributed by atoms with Crippen LogP contribution in [0.3, 0.4) is 0 Å². The van der Waals surface area contributed by atoms with Crippen LogP contribution in [-0.4, -0.2) is 31.6 Å². The van der Waals surface area contributed by atoms with E-state index in [-0.39, 0.29) is 17.5 Å². The minimum atomic E-state index is -0.937. The first kappa shape index (κ1) is 14.3. The Morgan fingerprint density at radius 1 is 1.45 bits per heavy atom. The molecule has 2 aromatic rings. The average Bonchev–Trinajstić information content (AvgIpc) is 2.75. The van der Waals surface area contributed by atoms with Gasteiger partial charge in [-0.15, -0.1) is 10.2 Å². The van der Waals surface area contributed by atoms with Gasteiger partial charge < -0.3 is 10.8 Å². The normalized spacial score (nSPS) is 10.7. The van der Waals surface area contributed by atoms with Gasteiger partial charge >= 0.3 is 5.97 Å². The molecule has 0 aliphatic carbocycles. The van der Waals surface area contributed by atoms with Crippen molar-refractivity contribution in [2.24, 2.45) is 0 Å². The summed E-state index contributed by atoms with van der Waals surface area (Å²) in [6.07, 6.45) is 0.556. The number of nitrogens with two attached hydrogens (primary N) is 1. The summed E-state index contributed by atoms with van der Waals surface area (Å²) in [4.78, 5) is 10.6. The number of halogens is 1. The molecule has 8 heteroatoms. The highest BCUT2D eigenvalue weighted by Gasteiger charge is 2.11. The van der Waals surface area contributed by atoms with E-state index in [0.717, 1.165) is 17.3 Å². The zero-order chi connectivity index (χ0) is 14.5. The van der Waals surface area contributed by atoms with Crippen LogP contribution in [0, 0.1) is 5.82 Å². The molecule has 20 heavy (non-hydrogen) atoms. The first-order valence-corrected chi connectivity index (χ1v) is 6.82. The van der Waals surface area contributed by atoms with E-state index in [1.54, 1.807) is 10.6 Å². The number of carboxylic acid groups (broad SMARTS) is 1. The first-order valence-electron chi connectivity index (χ1n) is 5.84. The summed E-state index contributed by atoms with van der Waals surface area (Å²) in [6.45, 7) is 0.463. The number of aryl methyl sites for hydroxylation is 1. The molecule has 0 radical (unpaired) electrons. The van der Waals surface area contributed by atoms with Gasteiger partial charge in [-0.2, -0.15) is 0 Å². The Balaban J connectivity index is 2.05. The topological polar surface area (TPSA) is 94.0 Å². The summed E-state index contributed by atoms with van der Waals surface area (Å²) in [6, 6.07) is 6.28. The number of carboxylic acids is 1. The smallest absolute Gasteiger partial charge is 0.313 e. The summed E-state index contributed by atoms with van der Waals surface area (Å²) in [5.41, 5.74) is 6.52. The fourth-order valence-electron chi connectivity index (χ4n) is 1.68. The molecule has 0 bridgehead atoms. The average molecular weight is 296 g/mol. The van der Waals surface area contributed by atoms with Crippen LogP contribution in [-0.2, 0) is 17.8 Å². The molecule has 0 unspecified atom stereocenters. The lowest BCUT2D eigenvalue weighted by atomic mass is 10.1. The number of nitrogens with zero attached hydrogens (tertiary/aromatic N) is 3. The van der Waals surface area contributed by atoms with E-state index < -0.39 is 5.97 Å². The third kappa shape index (κ3) is 3.70. The first-order chi connectivity index (χ1) is 9.56. The van der Waals surface area contributed by atoms with Crippen molar-refractivity contribution in [3.05, 3.63) is 35.6 Å². The number of benzene rings is 1. The maximum absolute atomic E-state index is 13.1. The van der Waals surface area contributed by atoms with Gasteiger partial charge in [0.15, 0.2) is 5.16 Å². The number of aliphatic carboxylic acids is 1. The van der Waals surface area contributed by atoms with Crippen LogP contribution in [0.4, 0.5) is 10.3 Å². The molecule has 106 valence electrons. The molecular formula is C12H13FN4O2S. The van der Waals surface area contributed by atoms with Gasteiger partial charge in [0.1, 0.15) is 5.82 Å². The summed E-state index contributed by atoms with van der Waals surface area (Å²) < 4.78 is 14.7. The Morgan fingerprint density at radius 3 is 2.95 bits per heavy atom. The number of thioether (sulfide) groups is 1.